The molecule has 26 heavy (non-hydrogen) atoms. The molecule has 7 nitrogen and oxygen atoms in total. The summed E-state index contributed by atoms with van der Waals surface area (Å²) in [7, 11) is 0. The number of aliphatic carboxylic acids is 2. The van der Waals surface area contributed by atoms with Crippen LogP contribution in [0.3, 0.4) is 0 Å². The molecule has 142 valence electrons. The van der Waals surface area contributed by atoms with Crippen LogP contribution >= 0.6 is 22.6 Å². The van der Waals surface area contributed by atoms with Gasteiger partial charge in [-0.3, -0.25) is 14.4 Å². The van der Waals surface area contributed by atoms with Crippen molar-refractivity contribution in [2.45, 2.75) is 36.7 Å². The van der Waals surface area contributed by atoms with E-state index in [-0.39, 0.29) is 12.3 Å². The Labute approximate surface area is 165 Å². The van der Waals surface area contributed by atoms with Gasteiger partial charge in [-0.25, -0.2) is 0 Å². The number of carbonyl (C=O) groups is 3. The molecular formula is C18H22INO6. The molecule has 0 aliphatic carbocycles. The molecule has 1 heterocycles. The number of hydrogen-bond donors (Lipinski definition) is 2. The van der Waals surface area contributed by atoms with Gasteiger partial charge in [0, 0.05) is 25.1 Å². The van der Waals surface area contributed by atoms with Crippen molar-refractivity contribution in [3.8, 4) is 0 Å². The van der Waals surface area contributed by atoms with E-state index in [2.05, 4.69) is 0 Å². The van der Waals surface area contributed by atoms with Crippen LogP contribution in [0.2, 0.25) is 0 Å². The van der Waals surface area contributed by atoms with Crippen LogP contribution < -0.4 is 4.90 Å². The van der Waals surface area contributed by atoms with Gasteiger partial charge in [0.15, 0.2) is 5.41 Å². The molecule has 0 aromatic heterocycles. The highest BCUT2D eigenvalue weighted by Crippen LogP contribution is 2.30. The van der Waals surface area contributed by atoms with Crippen LogP contribution in [-0.2, 0) is 25.5 Å². The standard InChI is InChI=1S/C18H22INO6/c1-17(2,19)26-11-18(15(22)23,16(24)25)10-12-5-7-13(8-6-12)20-9-3-4-14(20)21/h5-8H,3-4,9-11H2,1-2H3,(H,22,23)(H,24,25). The van der Waals surface area contributed by atoms with Crippen LogP contribution in [0.4, 0.5) is 5.69 Å². The van der Waals surface area contributed by atoms with Crippen molar-refractivity contribution in [1.29, 1.82) is 0 Å². The number of carboxylic acid groups (broad SMARTS) is 2. The van der Waals surface area contributed by atoms with Crippen LogP contribution in [0.1, 0.15) is 32.3 Å². The number of halogens is 1. The maximum atomic E-state index is 11.8. The van der Waals surface area contributed by atoms with Crippen molar-refractivity contribution in [3.05, 3.63) is 29.8 Å². The molecular weight excluding hydrogens is 453 g/mol. The first kappa shape index (κ1) is 20.6. The molecule has 8 heteroatoms. The largest absolute Gasteiger partial charge is 0.480 e. The molecule has 0 atom stereocenters. The fourth-order valence-electron chi connectivity index (χ4n) is 2.78. The SMILES string of the molecule is CC(C)(I)OCC(Cc1ccc(N2CCCC2=O)cc1)(C(=O)O)C(=O)O. The maximum Gasteiger partial charge on any atom is 0.323 e. The molecule has 1 aliphatic heterocycles. The van der Waals surface area contributed by atoms with Crippen LogP contribution in [0.25, 0.3) is 0 Å². The second-order valence-electron chi connectivity index (χ2n) is 6.84. The highest BCUT2D eigenvalue weighted by Gasteiger charge is 2.48. The summed E-state index contributed by atoms with van der Waals surface area (Å²) >= 11 is 1.98. The summed E-state index contributed by atoms with van der Waals surface area (Å²) in [6.45, 7) is 3.67. The lowest BCUT2D eigenvalue weighted by atomic mass is 9.82. The van der Waals surface area contributed by atoms with Crippen molar-refractivity contribution >= 4 is 46.1 Å². The van der Waals surface area contributed by atoms with E-state index in [0.717, 1.165) is 12.1 Å². The average molecular weight is 475 g/mol. The van der Waals surface area contributed by atoms with Gasteiger partial charge in [0.1, 0.15) is 3.61 Å². The molecule has 1 aliphatic rings. The number of amides is 1. The third-order valence-corrected chi connectivity index (χ3v) is 4.62. The summed E-state index contributed by atoms with van der Waals surface area (Å²) in [6.07, 6.45) is 1.12. The molecule has 0 saturated carbocycles. The molecule has 1 fully saturated rings. The van der Waals surface area contributed by atoms with E-state index < -0.39 is 27.6 Å². The first-order valence-corrected chi connectivity index (χ1v) is 9.32. The van der Waals surface area contributed by atoms with Crippen molar-refractivity contribution in [3.63, 3.8) is 0 Å². The zero-order valence-corrected chi connectivity index (χ0v) is 16.9. The highest BCUT2D eigenvalue weighted by atomic mass is 127. The molecule has 1 saturated heterocycles. The normalized spacial score (nSPS) is 15.3. The zero-order chi connectivity index (χ0) is 19.5. The summed E-state index contributed by atoms with van der Waals surface area (Å²) in [5.74, 6) is -2.82. The van der Waals surface area contributed by atoms with Crippen molar-refractivity contribution in [2.24, 2.45) is 5.41 Å². The Morgan fingerprint density at radius 3 is 2.19 bits per heavy atom. The molecule has 0 bridgehead atoms. The van der Waals surface area contributed by atoms with E-state index in [1.54, 1.807) is 43.0 Å². The Morgan fingerprint density at radius 2 is 1.77 bits per heavy atom. The van der Waals surface area contributed by atoms with Gasteiger partial charge in [-0.2, -0.15) is 0 Å². The number of anilines is 1. The van der Waals surface area contributed by atoms with E-state index in [9.17, 15) is 24.6 Å². The summed E-state index contributed by atoms with van der Waals surface area (Å²) in [4.78, 5) is 37.0. The number of nitrogens with zero attached hydrogens (tertiary/aromatic N) is 1. The number of rotatable bonds is 8. The number of carbonyl (C=O) groups excluding carboxylic acids is 1. The molecule has 1 aromatic carbocycles. The smallest absolute Gasteiger partial charge is 0.323 e. The predicted molar refractivity (Wildman–Crippen MR) is 103 cm³/mol. The molecule has 2 rings (SSSR count). The van der Waals surface area contributed by atoms with Crippen LogP contribution in [0.15, 0.2) is 24.3 Å². The van der Waals surface area contributed by atoms with Gasteiger partial charge in [-0.1, -0.05) is 12.1 Å². The van der Waals surface area contributed by atoms with Crippen LogP contribution in [0, 0.1) is 5.41 Å². The van der Waals surface area contributed by atoms with Crippen LogP contribution in [-0.4, -0.2) is 44.8 Å². The van der Waals surface area contributed by atoms with Gasteiger partial charge in [-0.15, -0.1) is 0 Å². The second-order valence-corrected chi connectivity index (χ2v) is 9.43. The van der Waals surface area contributed by atoms with Crippen LogP contribution in [0.5, 0.6) is 0 Å². The van der Waals surface area contributed by atoms with E-state index in [0.29, 0.717) is 18.5 Å². The number of alkyl halides is 1. The summed E-state index contributed by atoms with van der Waals surface area (Å²) < 4.78 is 4.79. The Balaban J connectivity index is 2.23. The van der Waals surface area contributed by atoms with Crippen molar-refractivity contribution in [1.82, 2.24) is 0 Å². The maximum absolute atomic E-state index is 11.8. The van der Waals surface area contributed by atoms with E-state index in [1.165, 1.54) is 0 Å². The molecule has 0 unspecified atom stereocenters. The Morgan fingerprint density at radius 1 is 1.19 bits per heavy atom. The molecule has 1 aromatic rings. The number of ether oxygens (including phenoxy) is 1. The quantitative estimate of drug-likeness (QED) is 0.341. The fraction of sp³-hybridized carbons (Fsp3) is 0.500. The minimum Gasteiger partial charge on any atom is -0.480 e. The van der Waals surface area contributed by atoms with Gasteiger partial charge < -0.3 is 19.8 Å². The summed E-state index contributed by atoms with van der Waals surface area (Å²) in [5, 5.41) is 19.2. The lowest BCUT2D eigenvalue weighted by molar-refractivity contribution is -0.171. The van der Waals surface area contributed by atoms with E-state index in [1.807, 2.05) is 22.6 Å². The lowest BCUT2D eigenvalue weighted by Gasteiger charge is -2.28. The monoisotopic (exact) mass is 475 g/mol. The topological polar surface area (TPSA) is 104 Å². The van der Waals surface area contributed by atoms with E-state index >= 15 is 0 Å². The third-order valence-electron chi connectivity index (χ3n) is 4.31. The minimum atomic E-state index is -2.08. The second kappa shape index (κ2) is 7.91. The first-order valence-electron chi connectivity index (χ1n) is 8.24. The van der Waals surface area contributed by atoms with Gasteiger partial charge >= 0.3 is 11.9 Å². The van der Waals surface area contributed by atoms with Gasteiger partial charge in [0.25, 0.3) is 0 Å². The average Bonchev–Trinajstić information content (AvgIpc) is 2.96. The van der Waals surface area contributed by atoms with Gasteiger partial charge in [0.05, 0.1) is 6.61 Å². The number of benzene rings is 1. The zero-order valence-electron chi connectivity index (χ0n) is 14.7. The van der Waals surface area contributed by atoms with Crippen molar-refractivity contribution in [2.75, 3.05) is 18.1 Å². The lowest BCUT2D eigenvalue weighted by Crippen LogP contribution is -2.46. The molecule has 0 spiro atoms. The first-order chi connectivity index (χ1) is 12.0. The molecule has 0 radical (unpaired) electrons. The van der Waals surface area contributed by atoms with Gasteiger partial charge in [-0.05, 0) is 60.6 Å². The van der Waals surface area contributed by atoms with E-state index in [4.69, 9.17) is 4.74 Å². The number of carboxylic acids is 2. The molecule has 1 amide bonds. The Hall–Kier alpha value is -1.68. The fourth-order valence-corrected chi connectivity index (χ4v) is 2.93. The van der Waals surface area contributed by atoms with Gasteiger partial charge in [0.2, 0.25) is 5.91 Å². The summed E-state index contributed by atoms with van der Waals surface area (Å²) in [6, 6.07) is 6.76. The number of hydrogen-bond acceptors (Lipinski definition) is 4. The van der Waals surface area contributed by atoms with Crippen molar-refractivity contribution < 1.29 is 29.3 Å². The molecule has 2 N–H and O–H groups in total. The Bertz CT molecular complexity index is 681. The predicted octanol–water partition coefficient (Wildman–Crippen LogP) is 2.70. The third kappa shape index (κ3) is 4.73. The highest BCUT2D eigenvalue weighted by molar-refractivity contribution is 14.1. The minimum absolute atomic E-state index is 0.0563. The Kier molecular flexibility index (Phi) is 6.28. The summed E-state index contributed by atoms with van der Waals surface area (Å²) in [5.41, 5.74) is -0.787.